The van der Waals surface area contributed by atoms with Crippen molar-refractivity contribution in [2.45, 2.75) is 48.8 Å². The maximum Gasteiger partial charge on any atom is 1.00 e. The Labute approximate surface area is 273 Å². The van der Waals surface area contributed by atoms with Gasteiger partial charge in [-0.15, -0.1) is 0 Å². The normalized spacial score (nSPS) is 39.4. The summed E-state index contributed by atoms with van der Waals surface area (Å²) in [6.07, 6.45) is -17.1. The van der Waals surface area contributed by atoms with Gasteiger partial charge in [-0.25, -0.2) is 0 Å². The van der Waals surface area contributed by atoms with Crippen LogP contribution in [0.3, 0.4) is 0 Å². The predicted octanol–water partition coefficient (Wildman–Crippen LogP) is -14.7. The van der Waals surface area contributed by atoms with Crippen LogP contribution in [0.1, 0.15) is 4.28 Å². The predicted molar refractivity (Wildman–Crippen MR) is 90.3 cm³/mol. The second-order valence-electron chi connectivity index (χ2n) is 6.33. The Morgan fingerprint density at radius 2 is 1.06 bits per heavy atom. The van der Waals surface area contributed by atoms with Crippen LogP contribution < -0.4 is 88.7 Å². The van der Waals surface area contributed by atoms with Crippen molar-refractivity contribution in [1.29, 1.82) is 0 Å². The molecule has 22 heteroatoms. The number of aliphatic hydroxyl groups is 6. The third-order valence-corrected chi connectivity index (χ3v) is 18.5. The molecule has 0 aromatic rings. The molecule has 0 aromatic carbocycles. The largest absolute Gasteiger partial charge is 1.00 e. The Hall–Kier alpha value is 2.74. The average molecular weight is 752 g/mol. The molecule has 0 aliphatic carbocycles. The molecule has 2 saturated heterocycles. The fourth-order valence-electron chi connectivity index (χ4n) is 2.61. The van der Waals surface area contributed by atoms with Crippen molar-refractivity contribution in [2.75, 3.05) is 13.2 Å². The summed E-state index contributed by atoms with van der Waals surface area (Å²) >= 11 is -13.0. The summed E-state index contributed by atoms with van der Waals surface area (Å²) < 4.78 is 49.3. The fraction of sp³-hybridized carbons (Fsp3) is 0.833. The Balaban J connectivity index is -0.000000569. The van der Waals surface area contributed by atoms with Crippen molar-refractivity contribution in [1.82, 2.24) is 0 Å². The van der Waals surface area contributed by atoms with Gasteiger partial charge in [0.1, 0.15) is 0 Å². The van der Waals surface area contributed by atoms with Crippen molar-refractivity contribution in [2.24, 2.45) is 0 Å². The summed E-state index contributed by atoms with van der Waals surface area (Å²) in [5.41, 5.74) is 0. The molecule has 2 rings (SSSR count). The van der Waals surface area contributed by atoms with E-state index in [1.165, 1.54) is 0 Å². The van der Waals surface area contributed by atoms with Gasteiger partial charge in [0.2, 0.25) is 0 Å². The van der Waals surface area contributed by atoms with Crippen LogP contribution in [0.4, 0.5) is 0 Å². The van der Waals surface area contributed by atoms with Crippen molar-refractivity contribution >= 4 is 52.0 Å². The Kier molecular flexibility index (Phi) is 18.4. The minimum Gasteiger partial charge on any atom is -1.00 e. The number of carbonyl (C=O) groups is 2. The van der Waals surface area contributed by atoms with Crippen LogP contribution in [0.25, 0.3) is 0 Å². The Morgan fingerprint density at radius 3 is 1.29 bits per heavy atom. The first kappa shape index (κ1) is 38.9. The molecule has 0 radical (unpaired) electrons. The summed E-state index contributed by atoms with van der Waals surface area (Å²) in [6, 6.07) is 0. The first-order valence-corrected chi connectivity index (χ1v) is 16.7. The van der Waals surface area contributed by atoms with Crippen molar-refractivity contribution < 1.29 is 163 Å². The number of rotatable bonds is 8. The van der Waals surface area contributed by atoms with Gasteiger partial charge in [0.25, 0.3) is 0 Å². The molecule has 10 atom stereocenters. The zero-order chi connectivity index (χ0) is 23.7. The number of aliphatic carboxylic acids is 2. The number of carboxylic acids is 2. The van der Waals surface area contributed by atoms with Gasteiger partial charge in [-0.2, -0.15) is 0 Å². The smallest absolute Gasteiger partial charge is 1.00 e. The summed E-state index contributed by atoms with van der Waals surface area (Å²) in [6.45, 7) is -2.19. The van der Waals surface area contributed by atoms with E-state index in [-0.39, 0.29) is 93.0 Å². The van der Waals surface area contributed by atoms with Gasteiger partial charge in [-0.1, -0.05) is 0 Å². The topological polar surface area (TPSA) is 276 Å². The van der Waals surface area contributed by atoms with Gasteiger partial charge in [0.15, 0.2) is 0 Å². The van der Waals surface area contributed by atoms with E-state index in [0.29, 0.717) is 0 Å². The Morgan fingerprint density at radius 1 is 0.765 bits per heavy atom. The summed E-state index contributed by atoms with van der Waals surface area (Å²) in [5, 5.41) is 75.6. The van der Waals surface area contributed by atoms with Crippen LogP contribution >= 0.6 is 0 Å². The van der Waals surface area contributed by atoms with Gasteiger partial charge >= 0.3 is 273 Å². The van der Waals surface area contributed by atoms with E-state index in [1.54, 1.807) is 0 Å². The zero-order valence-electron chi connectivity index (χ0n) is 21.2. The minimum atomic E-state index is -6.51. The van der Waals surface area contributed by atoms with E-state index in [1.807, 2.05) is 0 Å². The summed E-state index contributed by atoms with van der Waals surface area (Å²) in [7, 11) is 0. The van der Waals surface area contributed by atoms with Gasteiger partial charge in [-0.05, 0) is 0 Å². The first-order chi connectivity index (χ1) is 14.3. The van der Waals surface area contributed by atoms with E-state index in [9.17, 15) is 36.1 Å². The third-order valence-electron chi connectivity index (χ3n) is 4.10. The molecule has 0 amide bonds. The maximum atomic E-state index is 12.9. The SMILES string of the molecule is O=C(O)[C@@H]1[O][Sb](=[O])([O][Sb]2(=[O])[O]C([C@H](O)CO)[C@H](O)[C@H](C(=O)O)[O]2)[O][C@H]([C@H](O)CO)[C@@H]1O.[H-].[H-].[H-].[Na+].[Na+].[Na+]. The van der Waals surface area contributed by atoms with E-state index in [4.69, 9.17) is 26.5 Å². The van der Waals surface area contributed by atoms with Crippen LogP contribution in [0, 0.1) is 0 Å². The fourth-order valence-corrected chi connectivity index (χ4v) is 17.7. The van der Waals surface area contributed by atoms with E-state index in [0.717, 1.165) is 0 Å². The molecule has 34 heavy (non-hydrogen) atoms. The number of hydrogen-bond acceptors (Lipinski definition) is 15. The molecular formula is C12H23Na3O17Sb2. The second-order valence-corrected chi connectivity index (χ2v) is 17.4. The van der Waals surface area contributed by atoms with Crippen LogP contribution in [-0.2, 0) is 29.0 Å². The second kappa shape index (κ2) is 16.1. The van der Waals surface area contributed by atoms with Gasteiger partial charge in [-0.3, -0.25) is 0 Å². The van der Waals surface area contributed by atoms with Gasteiger partial charge in [0.05, 0.1) is 0 Å². The molecule has 2 fully saturated rings. The third kappa shape index (κ3) is 9.43. The molecule has 0 saturated carbocycles. The van der Waals surface area contributed by atoms with Crippen LogP contribution in [0.2, 0.25) is 0 Å². The molecule has 0 bridgehead atoms. The standard InChI is InChI=1S/2C6H10O7.3Na.3O.2Sb.3H/c2*7-1-2(8)3(9)4(10)5(11)6(12)13;;;;;;;;;;;/h2*2-5,7-8,10H,1H2,(H,12,13);;;;;;;;;;;/q2*-2;3*+1;;;;2*+2;3*-1/t2-,3?,4+,5-;2-,3-,4+,5-;;;;;;;;;;;/m11.........../s1. The number of aliphatic hydroxyl groups excluding tert-OH is 6. The van der Waals surface area contributed by atoms with Crippen LogP contribution in [0.5, 0.6) is 0 Å². The molecule has 3 unspecified atom stereocenters. The molecule has 2 aliphatic heterocycles. The summed E-state index contributed by atoms with van der Waals surface area (Å²) in [4.78, 5) is 22.6. The van der Waals surface area contributed by atoms with Crippen LogP contribution in [-0.4, -0.2) is 155 Å². The monoisotopic (exact) mass is 750 g/mol. The molecule has 2 heterocycles. The maximum absolute atomic E-state index is 12.9. The van der Waals surface area contributed by atoms with E-state index < -0.39 is 114 Å². The zero-order valence-corrected chi connectivity index (χ0v) is 29.3. The summed E-state index contributed by atoms with van der Waals surface area (Å²) in [5.74, 6) is -3.81. The number of carboxylic acid groups (broad SMARTS) is 2. The van der Waals surface area contributed by atoms with Crippen LogP contribution in [0.15, 0.2) is 0 Å². The Bertz CT molecular complexity index is 740. The molecule has 8 N–H and O–H groups in total. The molecular weight excluding hydrogens is 729 g/mol. The average Bonchev–Trinajstić information content (AvgIpc) is 2.69. The molecule has 0 spiro atoms. The first-order valence-electron chi connectivity index (χ1n) is 8.32. The molecule has 17 nitrogen and oxygen atoms in total. The van der Waals surface area contributed by atoms with Crippen molar-refractivity contribution in [3.8, 4) is 0 Å². The van der Waals surface area contributed by atoms with Crippen molar-refractivity contribution in [3.63, 3.8) is 0 Å². The quantitative estimate of drug-likeness (QED) is 0.107. The van der Waals surface area contributed by atoms with Gasteiger partial charge < -0.3 is 4.28 Å². The molecule has 0 aromatic heterocycles. The number of hydrogen-bond donors (Lipinski definition) is 8. The molecule has 186 valence electrons. The minimum absolute atomic E-state index is 0. The van der Waals surface area contributed by atoms with Crippen molar-refractivity contribution in [3.05, 3.63) is 0 Å². The van der Waals surface area contributed by atoms with E-state index in [2.05, 4.69) is 7.32 Å². The molecule has 2 aliphatic rings. The van der Waals surface area contributed by atoms with Gasteiger partial charge in [0, 0.05) is 0 Å². The van der Waals surface area contributed by atoms with E-state index >= 15 is 0 Å².